The number of hydrogen-bond acceptors (Lipinski definition) is 4. The van der Waals surface area contributed by atoms with Gasteiger partial charge in [-0.2, -0.15) is 0 Å². The summed E-state index contributed by atoms with van der Waals surface area (Å²) >= 11 is 0. The molecule has 0 heterocycles. The van der Waals surface area contributed by atoms with Crippen LogP contribution in [0.25, 0.3) is 0 Å². The lowest BCUT2D eigenvalue weighted by molar-refractivity contribution is -0.171. The standard InChI is InChI=1S/C30H56O4/c1-3-5-7-9-11-13-15-17-19-25-29(31)33-27-23-21-22-24-28(27)34-30(32)26-20-18-16-14-12-10-8-6-4-2/h27-28H,3-26H2,1-2H3/t27-,28-/m1/s1. The molecular formula is C30H56O4. The molecule has 200 valence electrons. The van der Waals surface area contributed by atoms with Crippen LogP contribution in [-0.4, -0.2) is 24.1 Å². The van der Waals surface area contributed by atoms with E-state index in [1.165, 1.54) is 89.9 Å². The number of carbonyl (C=O) groups excluding carboxylic acids is 2. The van der Waals surface area contributed by atoms with Gasteiger partial charge in [-0.1, -0.05) is 117 Å². The van der Waals surface area contributed by atoms with Crippen LogP contribution in [-0.2, 0) is 19.1 Å². The van der Waals surface area contributed by atoms with Crippen molar-refractivity contribution in [2.45, 2.75) is 180 Å². The maximum Gasteiger partial charge on any atom is 0.306 e. The molecule has 0 bridgehead atoms. The van der Waals surface area contributed by atoms with Gasteiger partial charge in [0, 0.05) is 12.8 Å². The van der Waals surface area contributed by atoms with Gasteiger partial charge in [-0.15, -0.1) is 0 Å². The minimum atomic E-state index is -0.244. The summed E-state index contributed by atoms with van der Waals surface area (Å²) < 4.78 is 11.5. The number of esters is 2. The average Bonchev–Trinajstić information content (AvgIpc) is 2.83. The fourth-order valence-corrected chi connectivity index (χ4v) is 4.95. The van der Waals surface area contributed by atoms with Crippen molar-refractivity contribution in [3.63, 3.8) is 0 Å². The minimum absolute atomic E-state index is 0.116. The summed E-state index contributed by atoms with van der Waals surface area (Å²) in [4.78, 5) is 24.7. The number of rotatable bonds is 22. The molecule has 0 spiro atoms. The van der Waals surface area contributed by atoms with Crippen LogP contribution in [0, 0.1) is 0 Å². The molecule has 2 atom stereocenters. The average molecular weight is 481 g/mol. The highest BCUT2D eigenvalue weighted by atomic mass is 16.6. The Hall–Kier alpha value is -1.06. The fourth-order valence-electron chi connectivity index (χ4n) is 4.95. The zero-order chi connectivity index (χ0) is 24.7. The number of carbonyl (C=O) groups is 2. The Kier molecular flexibility index (Phi) is 20.4. The first kappa shape index (κ1) is 31.0. The molecular weight excluding hydrogens is 424 g/mol. The van der Waals surface area contributed by atoms with Gasteiger partial charge in [0.25, 0.3) is 0 Å². The van der Waals surface area contributed by atoms with E-state index < -0.39 is 0 Å². The highest BCUT2D eigenvalue weighted by Gasteiger charge is 2.31. The van der Waals surface area contributed by atoms with E-state index in [0.29, 0.717) is 12.8 Å². The molecule has 0 aromatic carbocycles. The molecule has 1 rings (SSSR count). The van der Waals surface area contributed by atoms with Crippen LogP contribution in [0.1, 0.15) is 168 Å². The smallest absolute Gasteiger partial charge is 0.306 e. The third-order valence-corrected chi connectivity index (χ3v) is 7.18. The molecule has 1 aliphatic rings. The van der Waals surface area contributed by atoms with Gasteiger partial charge in [0.05, 0.1) is 0 Å². The van der Waals surface area contributed by atoms with Crippen molar-refractivity contribution >= 4 is 11.9 Å². The fraction of sp³-hybridized carbons (Fsp3) is 0.933. The summed E-state index contributed by atoms with van der Waals surface area (Å²) in [5, 5.41) is 0. The number of hydrogen-bond donors (Lipinski definition) is 0. The molecule has 0 aromatic heterocycles. The Balaban J connectivity index is 2.10. The molecule has 0 aliphatic heterocycles. The summed E-state index contributed by atoms with van der Waals surface area (Å²) in [5.41, 5.74) is 0. The molecule has 0 amide bonds. The van der Waals surface area contributed by atoms with Gasteiger partial charge >= 0.3 is 11.9 Å². The van der Waals surface area contributed by atoms with E-state index in [2.05, 4.69) is 13.8 Å². The van der Waals surface area contributed by atoms with Gasteiger partial charge in [-0.05, 0) is 38.5 Å². The monoisotopic (exact) mass is 480 g/mol. The van der Waals surface area contributed by atoms with Gasteiger partial charge in [-0.25, -0.2) is 0 Å². The van der Waals surface area contributed by atoms with E-state index in [4.69, 9.17) is 9.47 Å². The van der Waals surface area contributed by atoms with Gasteiger partial charge in [0.2, 0.25) is 0 Å². The van der Waals surface area contributed by atoms with E-state index in [1.807, 2.05) is 0 Å². The second kappa shape index (κ2) is 22.4. The quantitative estimate of drug-likeness (QED) is 0.114. The van der Waals surface area contributed by atoms with Crippen molar-refractivity contribution in [3.8, 4) is 0 Å². The molecule has 1 fully saturated rings. The van der Waals surface area contributed by atoms with Crippen molar-refractivity contribution in [3.05, 3.63) is 0 Å². The van der Waals surface area contributed by atoms with Crippen LogP contribution in [0.4, 0.5) is 0 Å². The van der Waals surface area contributed by atoms with E-state index in [0.717, 1.165) is 51.4 Å². The van der Waals surface area contributed by atoms with Crippen LogP contribution in [0.3, 0.4) is 0 Å². The third kappa shape index (κ3) is 17.4. The van der Waals surface area contributed by atoms with Gasteiger partial charge in [0.1, 0.15) is 12.2 Å². The zero-order valence-electron chi connectivity index (χ0n) is 22.8. The molecule has 0 radical (unpaired) electrons. The molecule has 0 aromatic rings. The van der Waals surface area contributed by atoms with Crippen molar-refractivity contribution < 1.29 is 19.1 Å². The predicted molar refractivity (Wildman–Crippen MR) is 142 cm³/mol. The number of ether oxygens (including phenoxy) is 2. The highest BCUT2D eigenvalue weighted by Crippen LogP contribution is 2.25. The minimum Gasteiger partial charge on any atom is -0.458 e. The Morgan fingerprint density at radius 1 is 0.500 bits per heavy atom. The lowest BCUT2D eigenvalue weighted by atomic mass is 9.94. The Morgan fingerprint density at radius 2 is 0.794 bits per heavy atom. The van der Waals surface area contributed by atoms with Crippen LogP contribution in [0.2, 0.25) is 0 Å². The van der Waals surface area contributed by atoms with Gasteiger partial charge < -0.3 is 9.47 Å². The van der Waals surface area contributed by atoms with E-state index >= 15 is 0 Å². The molecule has 4 heteroatoms. The first-order valence-electron chi connectivity index (χ1n) is 15.1. The molecule has 0 N–H and O–H groups in total. The van der Waals surface area contributed by atoms with Crippen LogP contribution >= 0.6 is 0 Å². The Morgan fingerprint density at radius 3 is 1.12 bits per heavy atom. The number of unbranched alkanes of at least 4 members (excludes halogenated alkanes) is 16. The summed E-state index contributed by atoms with van der Waals surface area (Å²) in [5.74, 6) is -0.232. The summed E-state index contributed by atoms with van der Waals surface area (Å²) in [6, 6.07) is 0. The second-order valence-electron chi connectivity index (χ2n) is 10.5. The van der Waals surface area contributed by atoms with Crippen molar-refractivity contribution in [1.29, 1.82) is 0 Å². The lowest BCUT2D eigenvalue weighted by Gasteiger charge is -2.30. The molecule has 34 heavy (non-hydrogen) atoms. The normalized spacial score (nSPS) is 18.1. The summed E-state index contributed by atoms with van der Waals surface area (Å²) in [6.07, 6.45) is 26.5. The van der Waals surface area contributed by atoms with Crippen molar-refractivity contribution in [1.82, 2.24) is 0 Å². The predicted octanol–water partition coefficient (Wildman–Crippen LogP) is 9.23. The third-order valence-electron chi connectivity index (χ3n) is 7.18. The van der Waals surface area contributed by atoms with Gasteiger partial charge in [0.15, 0.2) is 0 Å². The topological polar surface area (TPSA) is 52.6 Å². The molecule has 1 aliphatic carbocycles. The maximum atomic E-state index is 12.3. The second-order valence-corrected chi connectivity index (χ2v) is 10.5. The summed E-state index contributed by atoms with van der Waals surface area (Å²) in [6.45, 7) is 4.49. The van der Waals surface area contributed by atoms with Crippen LogP contribution in [0.5, 0.6) is 0 Å². The maximum absolute atomic E-state index is 12.3. The van der Waals surface area contributed by atoms with Crippen LogP contribution in [0.15, 0.2) is 0 Å². The van der Waals surface area contributed by atoms with E-state index in [-0.39, 0.29) is 24.1 Å². The first-order valence-corrected chi connectivity index (χ1v) is 15.1. The largest absolute Gasteiger partial charge is 0.458 e. The zero-order valence-corrected chi connectivity index (χ0v) is 22.8. The van der Waals surface area contributed by atoms with Crippen molar-refractivity contribution in [2.24, 2.45) is 0 Å². The SMILES string of the molecule is CCCCCCCCCCCC(=O)O[C@@H]1CCCC[C@H]1OC(=O)CCCCCCCCCCC. The van der Waals surface area contributed by atoms with Crippen molar-refractivity contribution in [2.75, 3.05) is 0 Å². The molecule has 4 nitrogen and oxygen atoms in total. The van der Waals surface area contributed by atoms with E-state index in [9.17, 15) is 9.59 Å². The van der Waals surface area contributed by atoms with E-state index in [1.54, 1.807) is 0 Å². The molecule has 1 saturated carbocycles. The highest BCUT2D eigenvalue weighted by molar-refractivity contribution is 5.70. The molecule has 0 saturated heterocycles. The van der Waals surface area contributed by atoms with Gasteiger partial charge in [-0.3, -0.25) is 9.59 Å². The Labute approximate surface area is 211 Å². The van der Waals surface area contributed by atoms with Crippen LogP contribution < -0.4 is 0 Å². The molecule has 0 unspecified atom stereocenters. The summed E-state index contributed by atoms with van der Waals surface area (Å²) in [7, 11) is 0. The lowest BCUT2D eigenvalue weighted by Crippen LogP contribution is -2.37. The first-order chi connectivity index (χ1) is 16.7. The Bertz CT molecular complexity index is 446.